The van der Waals surface area contributed by atoms with Crippen molar-refractivity contribution in [3.63, 3.8) is 0 Å². The number of aryl methyl sites for hydroxylation is 1. The van der Waals surface area contributed by atoms with Gasteiger partial charge >= 0.3 is 0 Å². The lowest BCUT2D eigenvalue weighted by Crippen LogP contribution is -2.28. The number of halogens is 1. The van der Waals surface area contributed by atoms with Crippen molar-refractivity contribution in [1.82, 2.24) is 10.2 Å². The molecule has 2 heterocycles. The largest absolute Gasteiger partial charge is 0.495 e. The molecule has 0 aliphatic carbocycles. The molecule has 132 valence electrons. The Morgan fingerprint density at radius 2 is 2.28 bits per heavy atom. The van der Waals surface area contributed by atoms with Crippen molar-refractivity contribution in [2.24, 2.45) is 5.92 Å². The topological polar surface area (TPSA) is 84.4 Å². The van der Waals surface area contributed by atoms with E-state index in [2.05, 4.69) is 15.5 Å². The van der Waals surface area contributed by atoms with Crippen LogP contribution in [0.4, 0.5) is 10.8 Å². The standard InChI is InChI=1S/C16H17ClN4O3S/c1-3-13-19-20-16(25-13)18-15(23)9-6-14(22)21(8-9)11-7-10(17)4-5-12(11)24-2/h4-5,7,9H,3,6,8H2,1-2H3,(H,18,20,23). The van der Waals surface area contributed by atoms with Crippen LogP contribution >= 0.6 is 22.9 Å². The summed E-state index contributed by atoms with van der Waals surface area (Å²) in [5, 5.41) is 12.4. The number of methoxy groups -OCH3 is 1. The van der Waals surface area contributed by atoms with Gasteiger partial charge in [-0.05, 0) is 24.6 Å². The van der Waals surface area contributed by atoms with Gasteiger partial charge in [-0.25, -0.2) is 0 Å². The summed E-state index contributed by atoms with van der Waals surface area (Å²) in [7, 11) is 1.53. The van der Waals surface area contributed by atoms with Gasteiger partial charge < -0.3 is 15.0 Å². The normalized spacial score (nSPS) is 17.0. The lowest BCUT2D eigenvalue weighted by molar-refractivity contribution is -0.122. The molecule has 1 fully saturated rings. The van der Waals surface area contributed by atoms with Crippen LogP contribution in [0.5, 0.6) is 5.75 Å². The Labute approximate surface area is 153 Å². The Morgan fingerprint density at radius 1 is 1.48 bits per heavy atom. The van der Waals surface area contributed by atoms with Gasteiger partial charge in [-0.3, -0.25) is 9.59 Å². The van der Waals surface area contributed by atoms with Crippen LogP contribution in [0.3, 0.4) is 0 Å². The lowest BCUT2D eigenvalue weighted by atomic mass is 10.1. The number of nitrogens with one attached hydrogen (secondary N) is 1. The minimum atomic E-state index is -0.467. The molecular weight excluding hydrogens is 364 g/mol. The number of carbonyl (C=O) groups is 2. The van der Waals surface area contributed by atoms with Crippen molar-refractivity contribution in [2.45, 2.75) is 19.8 Å². The summed E-state index contributed by atoms with van der Waals surface area (Å²) < 4.78 is 5.30. The van der Waals surface area contributed by atoms with Crippen molar-refractivity contribution in [2.75, 3.05) is 23.9 Å². The first-order valence-electron chi connectivity index (χ1n) is 7.79. The molecule has 7 nitrogen and oxygen atoms in total. The van der Waals surface area contributed by atoms with Gasteiger partial charge in [0.25, 0.3) is 0 Å². The number of anilines is 2. The molecule has 2 aromatic rings. The van der Waals surface area contributed by atoms with Crippen molar-refractivity contribution >= 4 is 45.6 Å². The second-order valence-corrected chi connectivity index (χ2v) is 7.06. The molecule has 2 amide bonds. The zero-order valence-electron chi connectivity index (χ0n) is 13.8. The van der Waals surface area contributed by atoms with Crippen LogP contribution in [-0.4, -0.2) is 35.7 Å². The summed E-state index contributed by atoms with van der Waals surface area (Å²) in [5.41, 5.74) is 0.569. The fourth-order valence-corrected chi connectivity index (χ4v) is 3.49. The highest BCUT2D eigenvalue weighted by Crippen LogP contribution is 2.35. The predicted molar refractivity (Wildman–Crippen MR) is 96.4 cm³/mol. The maximum absolute atomic E-state index is 12.4. The fourth-order valence-electron chi connectivity index (χ4n) is 2.64. The number of amides is 2. The first-order chi connectivity index (χ1) is 12.0. The van der Waals surface area contributed by atoms with E-state index >= 15 is 0 Å². The van der Waals surface area contributed by atoms with E-state index < -0.39 is 5.92 Å². The van der Waals surface area contributed by atoms with Crippen molar-refractivity contribution in [3.05, 3.63) is 28.2 Å². The fraction of sp³-hybridized carbons (Fsp3) is 0.375. The molecule has 25 heavy (non-hydrogen) atoms. The van der Waals surface area contributed by atoms with E-state index in [4.69, 9.17) is 16.3 Å². The Hall–Kier alpha value is -2.19. The van der Waals surface area contributed by atoms with Gasteiger partial charge in [0.05, 0.1) is 18.7 Å². The molecule has 9 heteroatoms. The van der Waals surface area contributed by atoms with E-state index in [0.717, 1.165) is 11.4 Å². The molecular formula is C16H17ClN4O3S. The molecule has 1 unspecified atom stereocenters. The summed E-state index contributed by atoms with van der Waals surface area (Å²) in [5.74, 6) is -0.316. The van der Waals surface area contributed by atoms with Crippen LogP contribution in [-0.2, 0) is 16.0 Å². The second kappa shape index (κ2) is 7.37. The van der Waals surface area contributed by atoms with Crippen molar-refractivity contribution in [1.29, 1.82) is 0 Å². The number of rotatable bonds is 5. The monoisotopic (exact) mass is 380 g/mol. The minimum absolute atomic E-state index is 0.126. The van der Waals surface area contributed by atoms with E-state index in [0.29, 0.717) is 21.6 Å². The van der Waals surface area contributed by atoms with Crippen LogP contribution < -0.4 is 15.0 Å². The average molecular weight is 381 g/mol. The van der Waals surface area contributed by atoms with E-state index in [-0.39, 0.29) is 24.8 Å². The molecule has 0 radical (unpaired) electrons. The van der Waals surface area contributed by atoms with E-state index in [1.165, 1.54) is 23.3 Å². The quantitative estimate of drug-likeness (QED) is 0.862. The van der Waals surface area contributed by atoms with Gasteiger partial charge in [0, 0.05) is 18.0 Å². The van der Waals surface area contributed by atoms with Gasteiger partial charge in [0.15, 0.2) is 0 Å². The lowest BCUT2D eigenvalue weighted by Gasteiger charge is -2.19. The number of nitrogens with zero attached hydrogens (tertiary/aromatic N) is 3. The van der Waals surface area contributed by atoms with Crippen LogP contribution in [0.1, 0.15) is 18.4 Å². The van der Waals surface area contributed by atoms with Gasteiger partial charge in [0.1, 0.15) is 10.8 Å². The third-order valence-electron chi connectivity index (χ3n) is 3.93. The maximum atomic E-state index is 12.4. The van der Waals surface area contributed by atoms with Gasteiger partial charge in [0.2, 0.25) is 16.9 Å². The summed E-state index contributed by atoms with van der Waals surface area (Å²) in [6.45, 7) is 2.23. The van der Waals surface area contributed by atoms with Crippen molar-refractivity contribution in [3.8, 4) is 5.75 Å². The smallest absolute Gasteiger partial charge is 0.231 e. The predicted octanol–water partition coefficient (Wildman–Crippen LogP) is 2.75. The average Bonchev–Trinajstić information content (AvgIpc) is 3.21. The number of hydrogen-bond acceptors (Lipinski definition) is 6. The molecule has 1 atom stereocenters. The van der Waals surface area contributed by atoms with E-state index in [1.807, 2.05) is 6.92 Å². The number of benzene rings is 1. The first-order valence-corrected chi connectivity index (χ1v) is 8.98. The number of carbonyl (C=O) groups excluding carboxylic acids is 2. The van der Waals surface area contributed by atoms with E-state index in [9.17, 15) is 9.59 Å². The van der Waals surface area contributed by atoms with E-state index in [1.54, 1.807) is 18.2 Å². The third kappa shape index (κ3) is 3.74. The van der Waals surface area contributed by atoms with Crippen LogP contribution in [0.15, 0.2) is 18.2 Å². The Kier molecular flexibility index (Phi) is 5.19. The molecule has 1 saturated heterocycles. The number of aromatic nitrogens is 2. The number of ether oxygens (including phenoxy) is 1. The minimum Gasteiger partial charge on any atom is -0.495 e. The molecule has 0 spiro atoms. The zero-order chi connectivity index (χ0) is 18.0. The summed E-state index contributed by atoms with van der Waals surface area (Å²) in [6, 6.07) is 5.05. The molecule has 0 bridgehead atoms. The molecule has 3 rings (SSSR count). The zero-order valence-corrected chi connectivity index (χ0v) is 15.4. The van der Waals surface area contributed by atoms with Crippen LogP contribution in [0.2, 0.25) is 5.02 Å². The molecule has 1 N–H and O–H groups in total. The van der Waals surface area contributed by atoms with Crippen LogP contribution in [0, 0.1) is 5.92 Å². The molecule has 1 aliphatic heterocycles. The Morgan fingerprint density at radius 3 is 2.96 bits per heavy atom. The molecule has 1 aromatic carbocycles. The highest BCUT2D eigenvalue weighted by molar-refractivity contribution is 7.15. The third-order valence-corrected chi connectivity index (χ3v) is 5.15. The Balaban J connectivity index is 1.74. The van der Waals surface area contributed by atoms with Crippen molar-refractivity contribution < 1.29 is 14.3 Å². The highest BCUT2D eigenvalue weighted by Gasteiger charge is 2.36. The molecule has 1 aromatic heterocycles. The maximum Gasteiger partial charge on any atom is 0.231 e. The highest BCUT2D eigenvalue weighted by atomic mass is 35.5. The first kappa shape index (κ1) is 17.6. The number of hydrogen-bond donors (Lipinski definition) is 1. The molecule has 0 saturated carbocycles. The van der Waals surface area contributed by atoms with Gasteiger partial charge in [-0.2, -0.15) is 0 Å². The molecule has 1 aliphatic rings. The van der Waals surface area contributed by atoms with Gasteiger partial charge in [-0.1, -0.05) is 29.9 Å². The van der Waals surface area contributed by atoms with Crippen LogP contribution in [0.25, 0.3) is 0 Å². The SMILES string of the molecule is CCc1nnc(NC(=O)C2CC(=O)N(c3cc(Cl)ccc3OC)C2)s1. The second-order valence-electron chi connectivity index (χ2n) is 5.57. The van der Waals surface area contributed by atoms with Gasteiger partial charge in [-0.15, -0.1) is 10.2 Å². The summed E-state index contributed by atoms with van der Waals surface area (Å²) in [4.78, 5) is 26.4. The Bertz CT molecular complexity index is 810. The summed E-state index contributed by atoms with van der Waals surface area (Å²) in [6.07, 6.45) is 0.888. The summed E-state index contributed by atoms with van der Waals surface area (Å²) >= 11 is 7.37.